The Morgan fingerprint density at radius 3 is 2.42 bits per heavy atom. The van der Waals surface area contributed by atoms with Crippen molar-refractivity contribution in [2.45, 2.75) is 85.6 Å². The number of ether oxygens (including phenoxy) is 1. The van der Waals surface area contributed by atoms with Crippen molar-refractivity contribution in [3.8, 4) is 17.7 Å². The van der Waals surface area contributed by atoms with Gasteiger partial charge in [-0.1, -0.05) is 55.0 Å². The van der Waals surface area contributed by atoms with Gasteiger partial charge in [0, 0.05) is 34.8 Å². The summed E-state index contributed by atoms with van der Waals surface area (Å²) in [4.78, 5) is 27.5. The SMILES string of the molecule is C/C=C(/C#CC(C)(C)C)S/C(CO)=C(\C)N(N=O)C1CCCCC1.C=O.c1ccc(OCCN2CCCC2)nc1. The van der Waals surface area contributed by atoms with Crippen LogP contribution < -0.4 is 4.74 Å². The van der Waals surface area contributed by atoms with Crippen molar-refractivity contribution in [3.05, 3.63) is 50.9 Å². The number of thioether (sulfide) groups is 1. The van der Waals surface area contributed by atoms with Gasteiger partial charge in [0.05, 0.1) is 22.8 Å². The zero-order chi connectivity index (χ0) is 29.8. The Morgan fingerprint density at radius 1 is 1.23 bits per heavy atom. The zero-order valence-electron chi connectivity index (χ0n) is 25.0. The molecular formula is C31H48N4O4S. The second-order valence-corrected chi connectivity index (χ2v) is 11.8. The van der Waals surface area contributed by atoms with E-state index in [0.29, 0.717) is 0 Å². The second-order valence-electron chi connectivity index (χ2n) is 10.7. The van der Waals surface area contributed by atoms with Gasteiger partial charge < -0.3 is 14.6 Å². The number of carbonyl (C=O) groups excluding carboxylic acids is 1. The highest BCUT2D eigenvalue weighted by atomic mass is 32.2. The number of nitroso groups, excluding NO2 is 1. The molecule has 1 aromatic rings. The fourth-order valence-electron chi connectivity index (χ4n) is 4.33. The number of rotatable bonds is 10. The van der Waals surface area contributed by atoms with E-state index in [1.807, 2.05) is 44.9 Å². The van der Waals surface area contributed by atoms with Gasteiger partial charge in [-0.25, -0.2) is 9.99 Å². The van der Waals surface area contributed by atoms with Crippen molar-refractivity contribution in [2.24, 2.45) is 10.7 Å². The molecule has 1 saturated heterocycles. The lowest BCUT2D eigenvalue weighted by Gasteiger charge is -2.30. The lowest BCUT2D eigenvalue weighted by Crippen LogP contribution is -2.31. The summed E-state index contributed by atoms with van der Waals surface area (Å²) in [5, 5.41) is 14.6. The fraction of sp³-hybridized carbons (Fsp3) is 0.613. The molecule has 0 amide bonds. The molecule has 0 radical (unpaired) electrons. The van der Waals surface area contributed by atoms with Crippen LogP contribution in [0.4, 0.5) is 0 Å². The van der Waals surface area contributed by atoms with Crippen molar-refractivity contribution < 1.29 is 14.6 Å². The maximum absolute atomic E-state index is 11.4. The van der Waals surface area contributed by atoms with Gasteiger partial charge in [0.25, 0.3) is 0 Å². The number of carbonyl (C=O) groups is 1. The largest absolute Gasteiger partial charge is 0.476 e. The summed E-state index contributed by atoms with van der Waals surface area (Å²) < 4.78 is 5.52. The lowest BCUT2D eigenvalue weighted by molar-refractivity contribution is -0.0980. The minimum absolute atomic E-state index is 0.0779. The van der Waals surface area contributed by atoms with Crippen LogP contribution in [0.1, 0.15) is 79.6 Å². The highest BCUT2D eigenvalue weighted by molar-refractivity contribution is 8.07. The van der Waals surface area contributed by atoms with Gasteiger partial charge in [0.15, 0.2) is 0 Å². The highest BCUT2D eigenvalue weighted by Gasteiger charge is 2.24. The zero-order valence-corrected chi connectivity index (χ0v) is 25.8. The van der Waals surface area contributed by atoms with E-state index >= 15 is 0 Å². The summed E-state index contributed by atoms with van der Waals surface area (Å²) in [5.41, 5.74) is 0.659. The standard InChI is InChI=1S/C19H30N2O2S.C11H16N2O.CH2O/c1-6-17(12-13-19(3,4)5)24-18(14-22)15(2)21(20-23)16-10-8-7-9-11-16;1-2-6-12-11(5-1)14-10-9-13-7-3-4-8-13;1-2/h6,16,22H,7-11,14H2,1-5H3;1-2,5-6H,3-4,7-10H2;1H2/b17-6-,18-15+;;. The van der Waals surface area contributed by atoms with E-state index < -0.39 is 0 Å². The average Bonchev–Trinajstić information content (AvgIpc) is 3.49. The summed E-state index contributed by atoms with van der Waals surface area (Å²) in [5.74, 6) is 7.10. The number of likely N-dealkylation sites (tertiary alicyclic amines) is 1. The Bertz CT molecular complexity index is 971. The van der Waals surface area contributed by atoms with Gasteiger partial charge in [-0.2, -0.15) is 0 Å². The van der Waals surface area contributed by atoms with Crippen molar-refractivity contribution in [2.75, 3.05) is 32.8 Å². The van der Waals surface area contributed by atoms with Gasteiger partial charge in [-0.05, 0) is 79.5 Å². The third kappa shape index (κ3) is 14.1. The predicted molar refractivity (Wildman–Crippen MR) is 165 cm³/mol. The molecule has 0 bridgehead atoms. The average molecular weight is 573 g/mol. The van der Waals surface area contributed by atoms with Crippen LogP contribution >= 0.6 is 11.8 Å². The maximum atomic E-state index is 11.4. The summed E-state index contributed by atoms with van der Waals surface area (Å²) in [6, 6.07) is 5.88. The smallest absolute Gasteiger partial charge is 0.213 e. The van der Waals surface area contributed by atoms with E-state index in [4.69, 9.17) is 9.53 Å². The van der Waals surface area contributed by atoms with Crippen LogP contribution in [-0.4, -0.2) is 65.7 Å². The van der Waals surface area contributed by atoms with E-state index in [9.17, 15) is 10.0 Å². The van der Waals surface area contributed by atoms with Crippen molar-refractivity contribution >= 4 is 18.6 Å². The fourth-order valence-corrected chi connectivity index (χ4v) is 5.12. The molecular weight excluding hydrogens is 524 g/mol. The molecule has 0 unspecified atom stereocenters. The van der Waals surface area contributed by atoms with Crippen molar-refractivity contribution in [3.63, 3.8) is 0 Å². The molecule has 222 valence electrons. The van der Waals surface area contributed by atoms with E-state index in [1.165, 1.54) is 44.1 Å². The molecule has 40 heavy (non-hydrogen) atoms. The van der Waals surface area contributed by atoms with Gasteiger partial charge in [-0.15, -0.1) is 4.91 Å². The van der Waals surface area contributed by atoms with Crippen LogP contribution in [-0.2, 0) is 4.79 Å². The highest BCUT2D eigenvalue weighted by Crippen LogP contribution is 2.32. The van der Waals surface area contributed by atoms with Crippen LogP contribution in [0.15, 0.2) is 51.3 Å². The molecule has 1 aliphatic heterocycles. The second kappa shape index (κ2) is 20.2. The summed E-state index contributed by atoms with van der Waals surface area (Å²) in [6.07, 6.45) is 11.8. The van der Waals surface area contributed by atoms with Crippen molar-refractivity contribution in [1.29, 1.82) is 0 Å². The quantitative estimate of drug-likeness (QED) is 0.191. The third-order valence-electron chi connectivity index (χ3n) is 6.45. The molecule has 1 N–H and O–H groups in total. The molecule has 2 heterocycles. The Hall–Kier alpha value is -2.67. The van der Waals surface area contributed by atoms with Crippen LogP contribution in [0.5, 0.6) is 5.88 Å². The van der Waals surface area contributed by atoms with E-state index in [2.05, 4.69) is 47.8 Å². The number of nitrogens with zero attached hydrogens (tertiary/aromatic N) is 4. The number of aliphatic hydroxyl groups is 1. The minimum Gasteiger partial charge on any atom is -0.476 e. The number of pyridine rings is 1. The topological polar surface area (TPSA) is 95.3 Å². The first kappa shape index (κ1) is 35.4. The molecule has 2 aliphatic rings. The number of hydrogen-bond donors (Lipinski definition) is 1. The first-order chi connectivity index (χ1) is 19.3. The third-order valence-corrected chi connectivity index (χ3v) is 7.68. The van der Waals surface area contributed by atoms with E-state index in [0.717, 1.165) is 60.2 Å². The summed E-state index contributed by atoms with van der Waals surface area (Å²) in [6.45, 7) is 16.1. The molecule has 1 saturated carbocycles. The Labute approximate surface area is 245 Å². The minimum atomic E-state index is -0.121. The van der Waals surface area contributed by atoms with Gasteiger partial charge in [0.1, 0.15) is 13.4 Å². The molecule has 0 spiro atoms. The maximum Gasteiger partial charge on any atom is 0.213 e. The van der Waals surface area contributed by atoms with Crippen LogP contribution in [0.2, 0.25) is 0 Å². The molecule has 9 heteroatoms. The Kier molecular flexibility index (Phi) is 17.9. The molecule has 0 atom stereocenters. The summed E-state index contributed by atoms with van der Waals surface area (Å²) >= 11 is 1.42. The Morgan fingerprint density at radius 2 is 1.90 bits per heavy atom. The molecule has 2 fully saturated rings. The molecule has 1 aliphatic carbocycles. The van der Waals surface area contributed by atoms with E-state index in [-0.39, 0.29) is 18.1 Å². The molecule has 3 rings (SSSR count). The van der Waals surface area contributed by atoms with Crippen LogP contribution in [0, 0.1) is 22.2 Å². The number of allylic oxidation sites excluding steroid dienone is 3. The normalized spacial score (nSPS) is 16.7. The predicted octanol–water partition coefficient (Wildman–Crippen LogP) is 6.58. The first-order valence-electron chi connectivity index (χ1n) is 14.1. The van der Waals surface area contributed by atoms with Gasteiger partial charge in [-0.3, -0.25) is 4.90 Å². The molecule has 8 nitrogen and oxygen atoms in total. The lowest BCUT2D eigenvalue weighted by atomic mass is 9.95. The van der Waals surface area contributed by atoms with E-state index in [1.54, 1.807) is 11.2 Å². The number of aromatic nitrogens is 1. The van der Waals surface area contributed by atoms with Crippen LogP contribution in [0.25, 0.3) is 0 Å². The Balaban J connectivity index is 0.000000421. The van der Waals surface area contributed by atoms with Gasteiger partial charge in [0.2, 0.25) is 5.88 Å². The molecule has 0 aromatic carbocycles. The first-order valence-corrected chi connectivity index (χ1v) is 14.9. The van der Waals surface area contributed by atoms with Crippen LogP contribution in [0.3, 0.4) is 0 Å². The monoisotopic (exact) mass is 572 g/mol. The van der Waals surface area contributed by atoms with Gasteiger partial charge >= 0.3 is 0 Å². The van der Waals surface area contributed by atoms with Crippen molar-refractivity contribution in [1.82, 2.24) is 14.9 Å². The summed E-state index contributed by atoms with van der Waals surface area (Å²) in [7, 11) is 0. The number of aliphatic hydroxyl groups excluding tert-OH is 1. The molecule has 1 aromatic heterocycles. The number of hydrogen-bond acceptors (Lipinski definition) is 8.